The second kappa shape index (κ2) is 12.8. The lowest BCUT2D eigenvalue weighted by atomic mass is 10.1. The average Bonchev–Trinajstić information content (AvgIpc) is 2.27. The van der Waals surface area contributed by atoms with Crippen molar-refractivity contribution in [3.8, 4) is 0 Å². The Kier molecular flexibility index (Phi) is 14.5. The highest BCUT2D eigenvalue weighted by Crippen LogP contribution is 2.12. The van der Waals surface area contributed by atoms with E-state index in [-0.39, 0.29) is 6.10 Å². The van der Waals surface area contributed by atoms with Crippen molar-refractivity contribution in [1.82, 2.24) is 5.32 Å². The summed E-state index contributed by atoms with van der Waals surface area (Å²) in [5, 5.41) is 2.90. The number of nitrogens with one attached hydrogen (secondary N) is 1. The van der Waals surface area contributed by atoms with Gasteiger partial charge in [-0.25, -0.2) is 0 Å². The van der Waals surface area contributed by atoms with Gasteiger partial charge in [0.1, 0.15) is 0 Å². The summed E-state index contributed by atoms with van der Waals surface area (Å²) in [6.07, 6.45) is 0.546. The fourth-order valence-electron chi connectivity index (χ4n) is 1.16. The van der Waals surface area contributed by atoms with Gasteiger partial charge in [0, 0.05) is 7.11 Å². The van der Waals surface area contributed by atoms with Crippen LogP contribution in [0.5, 0.6) is 0 Å². The van der Waals surface area contributed by atoms with Crippen molar-refractivity contribution in [1.29, 1.82) is 0 Å². The minimum absolute atomic E-state index is 0.0596. The van der Waals surface area contributed by atoms with Crippen LogP contribution in [0, 0.1) is 0 Å². The molecule has 0 saturated heterocycles. The van der Waals surface area contributed by atoms with Crippen molar-refractivity contribution in [2.24, 2.45) is 0 Å². The molecule has 0 spiro atoms. The molecule has 0 aromatic rings. The second-order valence-corrected chi connectivity index (χ2v) is 3.19. The maximum absolute atomic E-state index is 12.0. The molecule has 5 heteroatoms. The Morgan fingerprint density at radius 3 is 2.19 bits per heavy atom. The van der Waals surface area contributed by atoms with Crippen molar-refractivity contribution >= 4 is 0 Å². The Morgan fingerprint density at radius 2 is 1.81 bits per heavy atom. The normalized spacial score (nSPS) is 14.2. The Bertz CT molecular complexity index is 137. The summed E-state index contributed by atoms with van der Waals surface area (Å²) >= 11 is 0. The summed E-state index contributed by atoms with van der Waals surface area (Å²) in [7, 11) is 3.33. The van der Waals surface area contributed by atoms with Crippen LogP contribution >= 0.6 is 0 Å². The lowest BCUT2D eigenvalue weighted by Gasteiger charge is -2.20. The number of hydrogen-bond acceptors (Lipinski definition) is 3. The van der Waals surface area contributed by atoms with Gasteiger partial charge < -0.3 is 14.8 Å². The molecule has 1 N–H and O–H groups in total. The molecule has 3 nitrogen and oxygen atoms in total. The smallest absolute Gasteiger partial charge is 0.345 e. The second-order valence-electron chi connectivity index (χ2n) is 3.19. The molecule has 0 aliphatic heterocycles. The van der Waals surface area contributed by atoms with Crippen molar-refractivity contribution in [2.75, 3.05) is 20.7 Å². The van der Waals surface area contributed by atoms with Crippen molar-refractivity contribution < 1.29 is 18.3 Å². The molecule has 0 aliphatic rings. The molecule has 1 unspecified atom stereocenters. The zero-order valence-electron chi connectivity index (χ0n) is 10.9. The quantitative estimate of drug-likeness (QED) is 0.708. The number of ether oxygens (including phenoxy) is 2. The van der Waals surface area contributed by atoms with Gasteiger partial charge in [-0.2, -0.15) is 8.78 Å². The lowest BCUT2D eigenvalue weighted by Crippen LogP contribution is -2.26. The summed E-state index contributed by atoms with van der Waals surface area (Å²) in [6, 6.07) is 0. The third-order valence-electron chi connectivity index (χ3n) is 2.01. The van der Waals surface area contributed by atoms with Crippen molar-refractivity contribution in [2.45, 2.75) is 52.4 Å². The van der Waals surface area contributed by atoms with Gasteiger partial charge >= 0.3 is 6.61 Å². The SMILES string of the molecule is CC.CNCCC(C[C@H](C)OC)OC(F)F. The minimum atomic E-state index is -2.71. The first-order valence-electron chi connectivity index (χ1n) is 5.71. The van der Waals surface area contributed by atoms with E-state index < -0.39 is 12.7 Å². The molecular weight excluding hydrogens is 216 g/mol. The number of alkyl halides is 2. The van der Waals surface area contributed by atoms with Gasteiger partial charge in [-0.15, -0.1) is 0 Å². The lowest BCUT2D eigenvalue weighted by molar-refractivity contribution is -0.171. The summed E-state index contributed by atoms with van der Waals surface area (Å²) in [4.78, 5) is 0. The van der Waals surface area contributed by atoms with Gasteiger partial charge in [-0.05, 0) is 33.4 Å². The van der Waals surface area contributed by atoms with E-state index in [0.29, 0.717) is 19.4 Å². The molecule has 0 aromatic heterocycles. The monoisotopic (exact) mass is 241 g/mol. The highest BCUT2D eigenvalue weighted by atomic mass is 19.3. The average molecular weight is 241 g/mol. The zero-order chi connectivity index (χ0) is 13.0. The van der Waals surface area contributed by atoms with E-state index in [1.165, 1.54) is 0 Å². The molecule has 0 amide bonds. The minimum Gasteiger partial charge on any atom is -0.382 e. The van der Waals surface area contributed by atoms with E-state index >= 15 is 0 Å². The van der Waals surface area contributed by atoms with Gasteiger partial charge in [-0.1, -0.05) is 13.8 Å². The first kappa shape index (κ1) is 18.1. The summed E-state index contributed by atoms with van der Waals surface area (Å²) in [6.45, 7) is 3.79. The summed E-state index contributed by atoms with van der Waals surface area (Å²) in [5.41, 5.74) is 0. The number of rotatable bonds is 8. The maximum Gasteiger partial charge on any atom is 0.345 e. The van der Waals surface area contributed by atoms with Crippen LogP contribution in [0.2, 0.25) is 0 Å². The van der Waals surface area contributed by atoms with Crippen molar-refractivity contribution in [3.05, 3.63) is 0 Å². The zero-order valence-corrected chi connectivity index (χ0v) is 10.9. The molecule has 0 saturated carbocycles. The van der Waals surface area contributed by atoms with Crippen LogP contribution in [-0.4, -0.2) is 39.5 Å². The highest BCUT2D eigenvalue weighted by molar-refractivity contribution is 4.64. The van der Waals surface area contributed by atoms with Crippen LogP contribution in [0.1, 0.15) is 33.6 Å². The van der Waals surface area contributed by atoms with E-state index in [0.717, 1.165) is 0 Å². The highest BCUT2D eigenvalue weighted by Gasteiger charge is 2.17. The summed E-state index contributed by atoms with van der Waals surface area (Å²) in [5.74, 6) is 0. The number of halogens is 2. The van der Waals surface area contributed by atoms with E-state index in [2.05, 4.69) is 10.1 Å². The molecule has 100 valence electrons. The predicted molar refractivity (Wildman–Crippen MR) is 61.9 cm³/mol. The molecule has 0 aromatic carbocycles. The van der Waals surface area contributed by atoms with Gasteiger partial charge in [0.05, 0.1) is 12.2 Å². The van der Waals surface area contributed by atoms with E-state index in [1.54, 1.807) is 14.2 Å². The molecule has 2 atom stereocenters. The molecule has 0 aliphatic carbocycles. The Labute approximate surface area is 97.5 Å². The Balaban J connectivity index is 0. The first-order valence-corrected chi connectivity index (χ1v) is 5.71. The van der Waals surface area contributed by atoms with Crippen LogP contribution in [0.15, 0.2) is 0 Å². The van der Waals surface area contributed by atoms with E-state index in [1.807, 2.05) is 20.8 Å². The van der Waals surface area contributed by atoms with E-state index in [4.69, 9.17) is 4.74 Å². The molecule has 16 heavy (non-hydrogen) atoms. The predicted octanol–water partition coefficient (Wildman–Crippen LogP) is 2.65. The number of hydrogen-bond donors (Lipinski definition) is 1. The largest absolute Gasteiger partial charge is 0.382 e. The number of methoxy groups -OCH3 is 1. The Hall–Kier alpha value is -0.260. The fourth-order valence-corrected chi connectivity index (χ4v) is 1.16. The topological polar surface area (TPSA) is 30.5 Å². The third kappa shape index (κ3) is 11.8. The van der Waals surface area contributed by atoms with Crippen LogP contribution < -0.4 is 5.32 Å². The van der Waals surface area contributed by atoms with Crippen molar-refractivity contribution in [3.63, 3.8) is 0 Å². The van der Waals surface area contributed by atoms with Gasteiger partial charge in [0.2, 0.25) is 0 Å². The maximum atomic E-state index is 12.0. The van der Waals surface area contributed by atoms with Gasteiger partial charge in [0.25, 0.3) is 0 Å². The van der Waals surface area contributed by atoms with Gasteiger partial charge in [0.15, 0.2) is 0 Å². The first-order chi connectivity index (χ1) is 7.60. The molecular formula is C11H25F2NO2. The van der Waals surface area contributed by atoms with Crippen LogP contribution in [0.4, 0.5) is 8.78 Å². The fraction of sp³-hybridized carbons (Fsp3) is 1.00. The molecule has 0 rings (SSSR count). The molecule has 0 heterocycles. The molecule has 0 fully saturated rings. The van der Waals surface area contributed by atoms with Crippen LogP contribution in [0.25, 0.3) is 0 Å². The summed E-state index contributed by atoms with van der Waals surface area (Å²) < 4.78 is 33.4. The molecule has 0 radical (unpaired) electrons. The standard InChI is InChI=1S/C9H19F2NO2.C2H6/c1-7(13-3)6-8(4-5-12-2)14-9(10)11;1-2/h7-9,12H,4-6H2,1-3H3;1-2H3/t7-,8?;/m0./s1. The van der Waals surface area contributed by atoms with Gasteiger partial charge in [-0.3, -0.25) is 0 Å². The van der Waals surface area contributed by atoms with E-state index in [9.17, 15) is 8.78 Å². The van der Waals surface area contributed by atoms with Crippen LogP contribution in [-0.2, 0) is 9.47 Å². The third-order valence-corrected chi connectivity index (χ3v) is 2.01. The Morgan fingerprint density at radius 1 is 1.25 bits per heavy atom. The van der Waals surface area contributed by atoms with Crippen LogP contribution in [0.3, 0.4) is 0 Å². The molecule has 0 bridgehead atoms.